The van der Waals surface area contributed by atoms with Gasteiger partial charge in [0.25, 0.3) is 0 Å². The van der Waals surface area contributed by atoms with E-state index in [0.717, 1.165) is 27.8 Å². The Labute approximate surface area is 142 Å². The second kappa shape index (κ2) is 5.64. The largest absolute Gasteiger partial charge is 0.351 e. The van der Waals surface area contributed by atoms with Crippen molar-refractivity contribution in [3.05, 3.63) is 95.6 Å². The van der Waals surface area contributed by atoms with Crippen molar-refractivity contribution in [3.63, 3.8) is 0 Å². The average molecular weight is 313 g/mol. The predicted molar refractivity (Wildman–Crippen MR) is 96.6 cm³/mol. The van der Waals surface area contributed by atoms with Gasteiger partial charge in [0.15, 0.2) is 0 Å². The zero-order valence-corrected chi connectivity index (χ0v) is 13.6. The van der Waals surface area contributed by atoms with Crippen LogP contribution in [0.25, 0.3) is 11.1 Å². The Morgan fingerprint density at radius 1 is 0.792 bits per heavy atom. The Hall–Kier alpha value is -2.87. The van der Waals surface area contributed by atoms with Crippen molar-refractivity contribution in [1.82, 2.24) is 5.32 Å². The third-order valence-electron chi connectivity index (χ3n) is 4.97. The van der Waals surface area contributed by atoms with Gasteiger partial charge >= 0.3 is 0 Å². The van der Waals surface area contributed by atoms with Crippen molar-refractivity contribution in [2.45, 2.75) is 18.9 Å². The lowest BCUT2D eigenvalue weighted by Crippen LogP contribution is -2.41. The van der Waals surface area contributed by atoms with Gasteiger partial charge in [0, 0.05) is 6.54 Å². The molecular weight excluding hydrogens is 294 g/mol. The van der Waals surface area contributed by atoms with Crippen molar-refractivity contribution in [2.75, 3.05) is 0 Å². The molecule has 0 unspecified atom stereocenters. The molecule has 3 aromatic carbocycles. The highest BCUT2D eigenvalue weighted by atomic mass is 16.2. The zero-order chi connectivity index (χ0) is 16.6. The maximum Gasteiger partial charge on any atom is 0.235 e. The van der Waals surface area contributed by atoms with Crippen LogP contribution in [0.5, 0.6) is 0 Å². The summed E-state index contributed by atoms with van der Waals surface area (Å²) in [6.07, 6.45) is 0. The number of carbonyl (C=O) groups is 1. The standard InChI is InChI=1S/C22H19NO/c1-22(21(24)23-15-16-9-3-2-4-10-16)19-13-7-5-11-17(19)18-12-6-8-14-20(18)22/h2-14H,15H2,1H3,(H,23,24). The van der Waals surface area contributed by atoms with Gasteiger partial charge in [-0.15, -0.1) is 0 Å². The molecule has 2 heteroatoms. The van der Waals surface area contributed by atoms with Crippen molar-refractivity contribution < 1.29 is 4.79 Å². The monoisotopic (exact) mass is 313 g/mol. The maximum atomic E-state index is 13.2. The third kappa shape index (κ3) is 2.15. The van der Waals surface area contributed by atoms with Gasteiger partial charge in [-0.2, -0.15) is 0 Å². The Kier molecular flexibility index (Phi) is 3.46. The molecule has 0 saturated carbocycles. The third-order valence-corrected chi connectivity index (χ3v) is 4.97. The number of rotatable bonds is 3. The number of carbonyl (C=O) groups excluding carboxylic acids is 1. The van der Waals surface area contributed by atoms with E-state index in [0.29, 0.717) is 6.54 Å². The molecule has 118 valence electrons. The van der Waals surface area contributed by atoms with Crippen LogP contribution >= 0.6 is 0 Å². The van der Waals surface area contributed by atoms with Crippen LogP contribution in [0.1, 0.15) is 23.6 Å². The minimum atomic E-state index is -0.651. The van der Waals surface area contributed by atoms with E-state index < -0.39 is 5.41 Å². The van der Waals surface area contributed by atoms with Crippen LogP contribution in [0.4, 0.5) is 0 Å². The highest BCUT2D eigenvalue weighted by Crippen LogP contribution is 2.48. The summed E-state index contributed by atoms with van der Waals surface area (Å²) in [5.41, 5.74) is 4.93. The predicted octanol–water partition coefficient (Wildman–Crippen LogP) is 4.29. The SMILES string of the molecule is CC1(C(=O)NCc2ccccc2)c2ccccc2-c2ccccc21. The minimum Gasteiger partial charge on any atom is -0.351 e. The molecule has 3 aromatic rings. The molecule has 0 spiro atoms. The van der Waals surface area contributed by atoms with E-state index in [1.54, 1.807) is 0 Å². The quantitative estimate of drug-likeness (QED) is 0.768. The summed E-state index contributed by atoms with van der Waals surface area (Å²) in [7, 11) is 0. The number of amides is 1. The summed E-state index contributed by atoms with van der Waals surface area (Å²) in [6, 6.07) is 26.4. The Morgan fingerprint density at radius 3 is 1.88 bits per heavy atom. The van der Waals surface area contributed by atoms with Crippen LogP contribution in [0.3, 0.4) is 0 Å². The van der Waals surface area contributed by atoms with Gasteiger partial charge in [-0.25, -0.2) is 0 Å². The summed E-state index contributed by atoms with van der Waals surface area (Å²) < 4.78 is 0. The average Bonchev–Trinajstić information content (AvgIpc) is 2.92. The molecule has 1 N–H and O–H groups in total. The van der Waals surface area contributed by atoms with E-state index in [-0.39, 0.29) is 5.91 Å². The lowest BCUT2D eigenvalue weighted by atomic mass is 9.79. The number of fused-ring (bicyclic) bond motifs is 3. The lowest BCUT2D eigenvalue weighted by molar-refractivity contribution is -0.124. The molecule has 0 radical (unpaired) electrons. The van der Waals surface area contributed by atoms with Crippen LogP contribution in [-0.4, -0.2) is 5.91 Å². The minimum absolute atomic E-state index is 0.0451. The van der Waals surface area contributed by atoms with Gasteiger partial charge in [-0.3, -0.25) is 4.79 Å². The molecule has 4 rings (SSSR count). The number of nitrogens with one attached hydrogen (secondary N) is 1. The van der Waals surface area contributed by atoms with E-state index >= 15 is 0 Å². The first kappa shape index (κ1) is 14.7. The Balaban J connectivity index is 1.72. The number of benzene rings is 3. The molecule has 1 aliphatic carbocycles. The normalized spacial score (nSPS) is 13.9. The fourth-order valence-corrected chi connectivity index (χ4v) is 3.65. The maximum absolute atomic E-state index is 13.2. The smallest absolute Gasteiger partial charge is 0.235 e. The van der Waals surface area contributed by atoms with E-state index in [4.69, 9.17) is 0 Å². The van der Waals surface area contributed by atoms with Crippen molar-refractivity contribution in [3.8, 4) is 11.1 Å². The second-order valence-electron chi connectivity index (χ2n) is 6.38. The van der Waals surface area contributed by atoms with Gasteiger partial charge in [-0.05, 0) is 34.7 Å². The highest BCUT2D eigenvalue weighted by molar-refractivity contribution is 6.00. The van der Waals surface area contributed by atoms with E-state index in [2.05, 4.69) is 29.6 Å². The summed E-state index contributed by atoms with van der Waals surface area (Å²) in [4.78, 5) is 13.2. The summed E-state index contributed by atoms with van der Waals surface area (Å²) in [6.45, 7) is 2.57. The highest BCUT2D eigenvalue weighted by Gasteiger charge is 2.44. The van der Waals surface area contributed by atoms with Crippen LogP contribution < -0.4 is 5.32 Å². The molecule has 1 aliphatic rings. The Bertz CT molecular complexity index is 853. The molecule has 24 heavy (non-hydrogen) atoms. The molecule has 0 heterocycles. The van der Waals surface area contributed by atoms with Crippen LogP contribution in [0.2, 0.25) is 0 Å². The van der Waals surface area contributed by atoms with Crippen molar-refractivity contribution in [2.24, 2.45) is 0 Å². The zero-order valence-electron chi connectivity index (χ0n) is 13.6. The summed E-state index contributed by atoms with van der Waals surface area (Å²) in [5, 5.41) is 3.12. The van der Waals surface area contributed by atoms with Crippen molar-refractivity contribution in [1.29, 1.82) is 0 Å². The van der Waals surface area contributed by atoms with Crippen LogP contribution in [0, 0.1) is 0 Å². The molecule has 1 amide bonds. The van der Waals surface area contributed by atoms with Gasteiger partial charge in [0.1, 0.15) is 0 Å². The van der Waals surface area contributed by atoms with Gasteiger partial charge < -0.3 is 5.32 Å². The summed E-state index contributed by atoms with van der Waals surface area (Å²) >= 11 is 0. The number of hydrogen-bond donors (Lipinski definition) is 1. The second-order valence-corrected chi connectivity index (χ2v) is 6.38. The van der Waals surface area contributed by atoms with E-state index in [1.165, 1.54) is 0 Å². The first-order valence-corrected chi connectivity index (χ1v) is 8.23. The van der Waals surface area contributed by atoms with Crippen LogP contribution in [0.15, 0.2) is 78.9 Å². The molecular formula is C22H19NO. The molecule has 0 atom stereocenters. The molecule has 0 bridgehead atoms. The molecule has 0 aromatic heterocycles. The van der Waals surface area contributed by atoms with Gasteiger partial charge in [0.2, 0.25) is 5.91 Å². The first-order chi connectivity index (χ1) is 11.7. The molecule has 0 fully saturated rings. The lowest BCUT2D eigenvalue weighted by Gasteiger charge is -2.26. The summed E-state index contributed by atoms with van der Waals surface area (Å²) in [5.74, 6) is 0.0451. The van der Waals surface area contributed by atoms with E-state index in [1.807, 2.05) is 61.5 Å². The molecule has 0 saturated heterocycles. The van der Waals surface area contributed by atoms with Crippen molar-refractivity contribution >= 4 is 5.91 Å². The topological polar surface area (TPSA) is 29.1 Å². The fraction of sp³-hybridized carbons (Fsp3) is 0.136. The van der Waals surface area contributed by atoms with E-state index in [9.17, 15) is 4.79 Å². The number of hydrogen-bond acceptors (Lipinski definition) is 1. The van der Waals surface area contributed by atoms with Gasteiger partial charge in [-0.1, -0.05) is 78.9 Å². The van der Waals surface area contributed by atoms with Crippen LogP contribution in [-0.2, 0) is 16.8 Å². The molecule has 2 nitrogen and oxygen atoms in total. The Morgan fingerprint density at radius 2 is 1.29 bits per heavy atom. The van der Waals surface area contributed by atoms with Gasteiger partial charge in [0.05, 0.1) is 5.41 Å². The molecule has 0 aliphatic heterocycles. The fourth-order valence-electron chi connectivity index (χ4n) is 3.65. The first-order valence-electron chi connectivity index (χ1n) is 8.23.